The van der Waals surface area contributed by atoms with E-state index in [0.29, 0.717) is 12.2 Å². The van der Waals surface area contributed by atoms with Crippen molar-refractivity contribution < 1.29 is 14.3 Å². The summed E-state index contributed by atoms with van der Waals surface area (Å²) < 4.78 is 4.72. The summed E-state index contributed by atoms with van der Waals surface area (Å²) in [5.41, 5.74) is 0.341. The average molecular weight is 242 g/mol. The number of carbonyl (C=O) groups excluding carboxylic acids is 2. The molecule has 0 atom stereocenters. The largest absolute Gasteiger partial charge is 0.466 e. The highest BCUT2D eigenvalue weighted by Gasteiger charge is 2.12. The van der Waals surface area contributed by atoms with E-state index in [4.69, 9.17) is 16.3 Å². The summed E-state index contributed by atoms with van der Waals surface area (Å²) in [6, 6.07) is 3.21. The van der Waals surface area contributed by atoms with Gasteiger partial charge in [0.05, 0.1) is 18.6 Å². The van der Waals surface area contributed by atoms with Gasteiger partial charge in [0.15, 0.2) is 5.78 Å². The third-order valence-corrected chi connectivity index (χ3v) is 2.22. The number of aromatic nitrogens is 1. The lowest BCUT2D eigenvalue weighted by Crippen LogP contribution is -2.08. The van der Waals surface area contributed by atoms with Gasteiger partial charge in [-0.1, -0.05) is 11.6 Å². The first-order valence-electron chi connectivity index (χ1n) is 4.94. The van der Waals surface area contributed by atoms with E-state index in [-0.39, 0.29) is 29.7 Å². The van der Waals surface area contributed by atoms with Crippen LogP contribution in [0.2, 0.25) is 5.15 Å². The van der Waals surface area contributed by atoms with Gasteiger partial charge in [0.25, 0.3) is 0 Å². The Kier molecular flexibility index (Phi) is 4.92. The van der Waals surface area contributed by atoms with Gasteiger partial charge in [0, 0.05) is 12.6 Å². The zero-order valence-electron chi connectivity index (χ0n) is 8.90. The first-order chi connectivity index (χ1) is 7.65. The van der Waals surface area contributed by atoms with Gasteiger partial charge in [-0.2, -0.15) is 0 Å². The quantitative estimate of drug-likeness (QED) is 0.451. The molecule has 1 heterocycles. The first-order valence-corrected chi connectivity index (χ1v) is 5.32. The number of nitrogens with zero attached hydrogens (tertiary/aromatic N) is 1. The maximum absolute atomic E-state index is 11.6. The van der Waals surface area contributed by atoms with Crippen LogP contribution in [0, 0.1) is 0 Å². The summed E-state index contributed by atoms with van der Waals surface area (Å²) in [6.45, 7) is 2.04. The van der Waals surface area contributed by atoms with E-state index in [9.17, 15) is 9.59 Å². The minimum Gasteiger partial charge on any atom is -0.466 e. The molecule has 0 aliphatic carbocycles. The molecule has 16 heavy (non-hydrogen) atoms. The van der Waals surface area contributed by atoms with Gasteiger partial charge in [-0.3, -0.25) is 9.59 Å². The van der Waals surface area contributed by atoms with E-state index in [0.717, 1.165) is 0 Å². The number of pyridine rings is 1. The van der Waals surface area contributed by atoms with E-state index in [1.165, 1.54) is 6.20 Å². The Morgan fingerprint density at radius 1 is 1.44 bits per heavy atom. The van der Waals surface area contributed by atoms with Gasteiger partial charge < -0.3 is 4.74 Å². The maximum Gasteiger partial charge on any atom is 0.306 e. The second kappa shape index (κ2) is 6.23. The monoisotopic (exact) mass is 241 g/mol. The lowest BCUT2D eigenvalue weighted by molar-refractivity contribution is -0.143. The SMILES string of the molecule is CCOC(=O)CCC(=O)c1cccnc1Cl. The van der Waals surface area contributed by atoms with E-state index in [1.54, 1.807) is 19.1 Å². The molecule has 0 aromatic carbocycles. The molecule has 0 radical (unpaired) electrons. The lowest BCUT2D eigenvalue weighted by atomic mass is 10.1. The molecule has 0 saturated heterocycles. The standard InChI is InChI=1S/C11H12ClNO3/c1-2-16-10(15)6-5-9(14)8-4-3-7-13-11(8)12/h3-4,7H,2,5-6H2,1H3. The summed E-state index contributed by atoms with van der Waals surface area (Å²) in [5.74, 6) is -0.581. The minimum absolute atomic E-state index is 0.0674. The number of rotatable bonds is 5. The second-order valence-electron chi connectivity index (χ2n) is 3.07. The van der Waals surface area contributed by atoms with E-state index in [1.807, 2.05) is 0 Å². The fourth-order valence-corrected chi connectivity index (χ4v) is 1.40. The van der Waals surface area contributed by atoms with Crippen LogP contribution in [0.1, 0.15) is 30.1 Å². The Bertz CT molecular complexity index is 393. The smallest absolute Gasteiger partial charge is 0.306 e. The highest BCUT2D eigenvalue weighted by molar-refractivity contribution is 6.32. The molecule has 0 aliphatic rings. The number of Topliss-reactive ketones (excluding diaryl/α,β-unsaturated/α-hetero) is 1. The van der Waals surface area contributed by atoms with Crippen molar-refractivity contribution in [1.29, 1.82) is 0 Å². The number of halogens is 1. The molecule has 0 aliphatic heterocycles. The van der Waals surface area contributed by atoms with Gasteiger partial charge in [0.2, 0.25) is 0 Å². The van der Waals surface area contributed by atoms with Crippen LogP contribution in [0.3, 0.4) is 0 Å². The summed E-state index contributed by atoms with van der Waals surface area (Å²) in [6.07, 6.45) is 1.66. The average Bonchev–Trinajstić information content (AvgIpc) is 2.27. The van der Waals surface area contributed by atoms with Crippen molar-refractivity contribution in [3.63, 3.8) is 0 Å². The molecular formula is C11H12ClNO3. The molecule has 5 heteroatoms. The predicted molar refractivity (Wildman–Crippen MR) is 59.4 cm³/mol. The third-order valence-electron chi connectivity index (χ3n) is 1.92. The number of esters is 1. The molecule has 0 fully saturated rings. The molecule has 1 rings (SSSR count). The molecule has 0 N–H and O–H groups in total. The topological polar surface area (TPSA) is 56.3 Å². The van der Waals surface area contributed by atoms with Crippen LogP contribution in [0.5, 0.6) is 0 Å². The molecule has 0 bridgehead atoms. The predicted octanol–water partition coefficient (Wildman–Crippen LogP) is 2.26. The highest BCUT2D eigenvalue weighted by Crippen LogP contribution is 2.14. The summed E-state index contributed by atoms with van der Waals surface area (Å²) in [5, 5.41) is 0.163. The first kappa shape index (κ1) is 12.6. The van der Waals surface area contributed by atoms with Crippen molar-refractivity contribution in [1.82, 2.24) is 4.98 Å². The highest BCUT2D eigenvalue weighted by atomic mass is 35.5. The Morgan fingerprint density at radius 2 is 2.19 bits per heavy atom. The van der Waals surface area contributed by atoms with Gasteiger partial charge in [-0.05, 0) is 19.1 Å². The fourth-order valence-electron chi connectivity index (χ4n) is 1.18. The van der Waals surface area contributed by atoms with E-state index < -0.39 is 0 Å². The van der Waals surface area contributed by atoms with Crippen LogP contribution in [0.4, 0.5) is 0 Å². The number of ketones is 1. The van der Waals surface area contributed by atoms with Crippen LogP contribution in [0.15, 0.2) is 18.3 Å². The summed E-state index contributed by atoms with van der Waals surface area (Å²) >= 11 is 5.75. The van der Waals surface area contributed by atoms with Gasteiger partial charge >= 0.3 is 5.97 Å². The van der Waals surface area contributed by atoms with Crippen molar-refractivity contribution in [3.8, 4) is 0 Å². The minimum atomic E-state index is -0.379. The van der Waals surface area contributed by atoms with Gasteiger partial charge in [-0.15, -0.1) is 0 Å². The van der Waals surface area contributed by atoms with Gasteiger partial charge in [0.1, 0.15) is 5.15 Å². The second-order valence-corrected chi connectivity index (χ2v) is 3.43. The van der Waals surface area contributed by atoms with Crippen molar-refractivity contribution in [2.24, 2.45) is 0 Å². The molecule has 86 valence electrons. The van der Waals surface area contributed by atoms with Crippen LogP contribution >= 0.6 is 11.6 Å². The summed E-state index contributed by atoms with van der Waals surface area (Å²) in [7, 11) is 0. The molecular weight excluding hydrogens is 230 g/mol. The normalized spacial score (nSPS) is 9.88. The third kappa shape index (κ3) is 3.62. The Hall–Kier alpha value is -1.42. The zero-order valence-corrected chi connectivity index (χ0v) is 9.66. The van der Waals surface area contributed by atoms with Crippen LogP contribution in [-0.4, -0.2) is 23.3 Å². The molecule has 0 saturated carbocycles. The van der Waals surface area contributed by atoms with E-state index in [2.05, 4.69) is 4.98 Å². The van der Waals surface area contributed by atoms with E-state index >= 15 is 0 Å². The number of hydrogen-bond acceptors (Lipinski definition) is 4. The van der Waals surface area contributed by atoms with Crippen molar-refractivity contribution in [2.45, 2.75) is 19.8 Å². The fraction of sp³-hybridized carbons (Fsp3) is 0.364. The number of hydrogen-bond donors (Lipinski definition) is 0. The summed E-state index contributed by atoms with van der Waals surface area (Å²) in [4.78, 5) is 26.5. The molecule has 0 unspecified atom stereocenters. The molecule has 1 aromatic heterocycles. The molecule has 1 aromatic rings. The molecule has 4 nitrogen and oxygen atoms in total. The zero-order chi connectivity index (χ0) is 12.0. The Balaban J connectivity index is 2.54. The van der Waals surface area contributed by atoms with Crippen molar-refractivity contribution in [2.75, 3.05) is 6.61 Å². The van der Waals surface area contributed by atoms with Crippen LogP contribution in [0.25, 0.3) is 0 Å². The lowest BCUT2D eigenvalue weighted by Gasteiger charge is -2.02. The van der Waals surface area contributed by atoms with Crippen LogP contribution in [-0.2, 0) is 9.53 Å². The molecule has 0 spiro atoms. The Morgan fingerprint density at radius 3 is 2.81 bits per heavy atom. The van der Waals surface area contributed by atoms with Crippen LogP contribution < -0.4 is 0 Å². The Labute approximate surface area is 98.6 Å². The molecule has 0 amide bonds. The maximum atomic E-state index is 11.6. The van der Waals surface area contributed by atoms with Gasteiger partial charge in [-0.25, -0.2) is 4.98 Å². The number of ether oxygens (including phenoxy) is 1. The number of carbonyl (C=O) groups is 2. The van der Waals surface area contributed by atoms with Crippen molar-refractivity contribution >= 4 is 23.4 Å². The van der Waals surface area contributed by atoms with Crippen molar-refractivity contribution in [3.05, 3.63) is 29.0 Å².